The predicted octanol–water partition coefficient (Wildman–Crippen LogP) is 3.02. The Hall–Kier alpha value is -2.28. The third-order valence-corrected chi connectivity index (χ3v) is 4.26. The van der Waals surface area contributed by atoms with Crippen LogP contribution in [0.1, 0.15) is 44.0 Å². The second-order valence-electron chi connectivity index (χ2n) is 7.29. The average molecular weight is 382 g/mol. The zero-order valence-corrected chi connectivity index (χ0v) is 15.9. The lowest BCUT2D eigenvalue weighted by molar-refractivity contribution is -0.121. The number of benzene rings is 1. The largest absolute Gasteiger partial charge is 0.444 e. The Morgan fingerprint density at radius 3 is 2.38 bits per heavy atom. The second kappa shape index (κ2) is 7.95. The van der Waals surface area contributed by atoms with E-state index in [2.05, 4.69) is 5.32 Å². The molecule has 8 heteroatoms. The molecular formula is C18H24ClN3O4. The zero-order chi connectivity index (χ0) is 19.5. The van der Waals surface area contributed by atoms with E-state index in [-0.39, 0.29) is 23.5 Å². The normalized spacial score (nSPS) is 15.5. The van der Waals surface area contributed by atoms with Gasteiger partial charge in [-0.15, -0.1) is 0 Å². The molecule has 0 aliphatic carbocycles. The van der Waals surface area contributed by atoms with Gasteiger partial charge in [0.25, 0.3) is 5.91 Å². The van der Waals surface area contributed by atoms with Crippen LogP contribution in [0.5, 0.6) is 0 Å². The molecule has 3 amide bonds. The number of ether oxygens (including phenoxy) is 1. The van der Waals surface area contributed by atoms with Gasteiger partial charge >= 0.3 is 6.09 Å². The summed E-state index contributed by atoms with van der Waals surface area (Å²) in [5.74, 6) is -1.13. The van der Waals surface area contributed by atoms with Gasteiger partial charge in [-0.2, -0.15) is 0 Å². The number of likely N-dealkylation sites (tertiary alicyclic amines) is 1. The minimum Gasteiger partial charge on any atom is -0.444 e. The molecule has 1 heterocycles. The first-order chi connectivity index (χ1) is 12.1. The van der Waals surface area contributed by atoms with E-state index in [0.29, 0.717) is 36.6 Å². The summed E-state index contributed by atoms with van der Waals surface area (Å²) < 4.78 is 5.34. The summed E-state index contributed by atoms with van der Waals surface area (Å²) in [6.07, 6.45) is 0.667. The minimum atomic E-state index is -0.664. The van der Waals surface area contributed by atoms with Crippen LogP contribution in [0.15, 0.2) is 18.2 Å². The maximum atomic E-state index is 12.5. The van der Waals surface area contributed by atoms with Gasteiger partial charge in [0.15, 0.2) is 0 Å². The van der Waals surface area contributed by atoms with Crippen LogP contribution in [0.3, 0.4) is 0 Å². The Morgan fingerprint density at radius 2 is 1.85 bits per heavy atom. The summed E-state index contributed by atoms with van der Waals surface area (Å²) >= 11 is 5.87. The number of rotatable bonds is 3. The molecule has 0 saturated carbocycles. The first-order valence-corrected chi connectivity index (χ1v) is 8.83. The van der Waals surface area contributed by atoms with Crippen molar-refractivity contribution < 1.29 is 19.1 Å². The average Bonchev–Trinajstić information content (AvgIpc) is 2.54. The van der Waals surface area contributed by atoms with Crippen LogP contribution in [0.2, 0.25) is 5.02 Å². The van der Waals surface area contributed by atoms with Crippen molar-refractivity contribution in [2.45, 2.75) is 39.2 Å². The number of carbonyl (C=O) groups excluding carboxylic acids is 3. The maximum absolute atomic E-state index is 12.5. The fourth-order valence-electron chi connectivity index (χ4n) is 2.71. The highest BCUT2D eigenvalue weighted by molar-refractivity contribution is 6.31. The summed E-state index contributed by atoms with van der Waals surface area (Å²) in [6.45, 7) is 6.32. The number of nitrogens with one attached hydrogen (secondary N) is 1. The van der Waals surface area contributed by atoms with Crippen LogP contribution in [-0.2, 0) is 9.53 Å². The number of primary amides is 1. The van der Waals surface area contributed by atoms with E-state index in [1.165, 1.54) is 6.07 Å². The molecule has 0 unspecified atom stereocenters. The van der Waals surface area contributed by atoms with Crippen LogP contribution < -0.4 is 11.1 Å². The lowest BCUT2D eigenvalue weighted by Crippen LogP contribution is -2.43. The fourth-order valence-corrected chi connectivity index (χ4v) is 2.89. The number of nitrogens with two attached hydrogens (primary N) is 1. The van der Waals surface area contributed by atoms with E-state index in [9.17, 15) is 14.4 Å². The smallest absolute Gasteiger partial charge is 0.410 e. The van der Waals surface area contributed by atoms with E-state index in [0.717, 1.165) is 0 Å². The Balaban J connectivity index is 1.95. The predicted molar refractivity (Wildman–Crippen MR) is 99.1 cm³/mol. The minimum absolute atomic E-state index is 0.164. The highest BCUT2D eigenvalue weighted by Crippen LogP contribution is 2.24. The number of anilines is 1. The van der Waals surface area contributed by atoms with Gasteiger partial charge < -0.3 is 20.7 Å². The monoisotopic (exact) mass is 381 g/mol. The quantitative estimate of drug-likeness (QED) is 0.840. The first-order valence-electron chi connectivity index (χ1n) is 8.45. The number of hydrogen-bond donors (Lipinski definition) is 2. The third-order valence-electron chi connectivity index (χ3n) is 4.02. The molecule has 0 radical (unpaired) electrons. The molecule has 1 aromatic rings. The SMILES string of the molecule is CC(C)(C)OC(=O)N1CCC(C(=O)Nc2ccc(Cl)cc2C(N)=O)CC1. The van der Waals surface area contributed by atoms with Gasteiger partial charge in [-0.1, -0.05) is 11.6 Å². The van der Waals surface area contributed by atoms with Gasteiger partial charge in [0, 0.05) is 24.0 Å². The Labute approximate surface area is 157 Å². The molecule has 1 aliphatic heterocycles. The standard InChI is InChI=1S/C18H24ClN3O4/c1-18(2,3)26-17(25)22-8-6-11(7-9-22)16(24)21-14-5-4-12(19)10-13(14)15(20)23/h4-5,10-11H,6-9H2,1-3H3,(H2,20,23)(H,21,24). The van der Waals surface area contributed by atoms with Crippen LogP contribution in [0, 0.1) is 5.92 Å². The Morgan fingerprint density at radius 1 is 1.23 bits per heavy atom. The fraction of sp³-hybridized carbons (Fsp3) is 0.500. The van der Waals surface area contributed by atoms with E-state index in [1.807, 2.05) is 20.8 Å². The van der Waals surface area contributed by atoms with Gasteiger partial charge in [-0.25, -0.2) is 4.79 Å². The third kappa shape index (κ3) is 5.36. The van der Waals surface area contributed by atoms with E-state index in [4.69, 9.17) is 22.1 Å². The van der Waals surface area contributed by atoms with Crippen LogP contribution in [-0.4, -0.2) is 41.5 Å². The second-order valence-corrected chi connectivity index (χ2v) is 7.72. The van der Waals surface area contributed by atoms with E-state index >= 15 is 0 Å². The molecule has 7 nitrogen and oxygen atoms in total. The molecule has 0 spiro atoms. The van der Waals surface area contributed by atoms with Gasteiger partial charge in [0.2, 0.25) is 5.91 Å². The summed E-state index contributed by atoms with van der Waals surface area (Å²) in [4.78, 5) is 37.7. The van der Waals surface area contributed by atoms with Crippen LogP contribution in [0.25, 0.3) is 0 Å². The number of amides is 3. The van der Waals surface area contributed by atoms with Crippen molar-refractivity contribution >= 4 is 35.2 Å². The van der Waals surface area contributed by atoms with Gasteiger partial charge in [-0.3, -0.25) is 9.59 Å². The molecule has 2 rings (SSSR count). The highest BCUT2D eigenvalue weighted by Gasteiger charge is 2.30. The molecule has 0 bridgehead atoms. The number of nitrogens with zero attached hydrogens (tertiary/aromatic N) is 1. The topological polar surface area (TPSA) is 102 Å². The van der Waals surface area contributed by atoms with Crippen LogP contribution in [0.4, 0.5) is 10.5 Å². The molecule has 1 aromatic carbocycles. The lowest BCUT2D eigenvalue weighted by Gasteiger charge is -2.33. The number of piperidine rings is 1. The lowest BCUT2D eigenvalue weighted by atomic mass is 9.96. The summed E-state index contributed by atoms with van der Waals surface area (Å²) in [6, 6.07) is 4.55. The molecular weight excluding hydrogens is 358 g/mol. The molecule has 0 atom stereocenters. The number of halogens is 1. The van der Waals surface area contributed by atoms with Crippen LogP contribution >= 0.6 is 11.6 Å². The molecule has 26 heavy (non-hydrogen) atoms. The van der Waals surface area contributed by atoms with Gasteiger partial charge in [0.1, 0.15) is 5.60 Å². The van der Waals surface area contributed by atoms with Crippen molar-refractivity contribution in [1.82, 2.24) is 4.90 Å². The van der Waals surface area contributed by atoms with Crippen molar-refractivity contribution in [3.8, 4) is 0 Å². The maximum Gasteiger partial charge on any atom is 0.410 e. The number of carbonyl (C=O) groups is 3. The van der Waals surface area contributed by atoms with Crippen molar-refractivity contribution in [1.29, 1.82) is 0 Å². The molecule has 0 aromatic heterocycles. The van der Waals surface area contributed by atoms with Gasteiger partial charge in [0.05, 0.1) is 11.3 Å². The molecule has 1 fully saturated rings. The van der Waals surface area contributed by atoms with Crippen molar-refractivity contribution in [3.05, 3.63) is 28.8 Å². The summed E-state index contributed by atoms with van der Waals surface area (Å²) in [5.41, 5.74) is 5.28. The van der Waals surface area contributed by atoms with Crippen molar-refractivity contribution in [3.63, 3.8) is 0 Å². The van der Waals surface area contributed by atoms with Crippen molar-refractivity contribution in [2.24, 2.45) is 11.7 Å². The first kappa shape index (κ1) is 20.0. The van der Waals surface area contributed by atoms with E-state index < -0.39 is 11.5 Å². The van der Waals surface area contributed by atoms with E-state index in [1.54, 1.807) is 17.0 Å². The van der Waals surface area contributed by atoms with Gasteiger partial charge in [-0.05, 0) is 51.8 Å². The summed E-state index contributed by atoms with van der Waals surface area (Å²) in [5, 5.41) is 3.10. The summed E-state index contributed by atoms with van der Waals surface area (Å²) in [7, 11) is 0. The zero-order valence-electron chi connectivity index (χ0n) is 15.2. The number of hydrogen-bond acceptors (Lipinski definition) is 4. The highest BCUT2D eigenvalue weighted by atomic mass is 35.5. The molecule has 1 aliphatic rings. The Bertz CT molecular complexity index is 707. The van der Waals surface area contributed by atoms with Crippen molar-refractivity contribution in [2.75, 3.05) is 18.4 Å². The molecule has 142 valence electrons. The molecule has 3 N–H and O–H groups in total. The Kier molecular flexibility index (Phi) is 6.13. The molecule has 1 saturated heterocycles.